The molecule has 0 saturated carbocycles. The van der Waals surface area contributed by atoms with Crippen LogP contribution in [0, 0.1) is 5.95 Å². The molecular formula is C5H4Cl2FN3. The fourth-order valence-corrected chi connectivity index (χ4v) is 0.871. The van der Waals surface area contributed by atoms with Gasteiger partial charge in [-0.05, 0) is 0 Å². The van der Waals surface area contributed by atoms with Gasteiger partial charge in [0.15, 0.2) is 0 Å². The molecule has 1 heterocycles. The maximum absolute atomic E-state index is 12.6. The van der Waals surface area contributed by atoms with Gasteiger partial charge in [0.2, 0.25) is 5.95 Å². The van der Waals surface area contributed by atoms with Gasteiger partial charge in [-0.15, -0.1) is 0 Å². The van der Waals surface area contributed by atoms with Gasteiger partial charge in [0.25, 0.3) is 0 Å². The first-order valence-electron chi connectivity index (χ1n) is 2.59. The Balaban J connectivity index is 3.46. The quantitative estimate of drug-likeness (QED) is 0.620. The molecule has 0 aromatic carbocycles. The Morgan fingerprint density at radius 1 is 1.18 bits per heavy atom. The summed E-state index contributed by atoms with van der Waals surface area (Å²) in [7, 11) is 0. The van der Waals surface area contributed by atoms with Gasteiger partial charge in [-0.25, -0.2) is 0 Å². The molecule has 0 aliphatic rings. The molecule has 0 spiro atoms. The maximum atomic E-state index is 12.6. The molecule has 0 atom stereocenters. The van der Waals surface area contributed by atoms with Crippen LogP contribution >= 0.6 is 23.2 Å². The van der Waals surface area contributed by atoms with Crippen molar-refractivity contribution in [1.29, 1.82) is 0 Å². The SMILES string of the molecule is Nc1nc(F)c(Cl)c(N)c1Cl. The van der Waals surface area contributed by atoms with Crippen LogP contribution in [0.3, 0.4) is 0 Å². The minimum atomic E-state index is -0.911. The number of hydrogen-bond donors (Lipinski definition) is 2. The fourth-order valence-electron chi connectivity index (χ4n) is 0.549. The summed E-state index contributed by atoms with van der Waals surface area (Å²) in [5, 5.41) is -0.319. The number of anilines is 2. The molecule has 6 heteroatoms. The Hall–Kier alpha value is -0.740. The van der Waals surface area contributed by atoms with E-state index in [0.29, 0.717) is 0 Å². The van der Waals surface area contributed by atoms with Crippen LogP contribution in [0.1, 0.15) is 0 Å². The van der Waals surface area contributed by atoms with Crippen molar-refractivity contribution in [1.82, 2.24) is 4.98 Å². The van der Waals surface area contributed by atoms with Crippen LogP contribution in [0.15, 0.2) is 0 Å². The van der Waals surface area contributed by atoms with Crippen LogP contribution < -0.4 is 11.5 Å². The molecule has 1 rings (SSSR count). The molecule has 1 aromatic heterocycles. The summed E-state index contributed by atoms with van der Waals surface area (Å²) in [4.78, 5) is 3.20. The van der Waals surface area contributed by atoms with Gasteiger partial charge in [0.1, 0.15) is 15.9 Å². The van der Waals surface area contributed by atoms with Crippen molar-refractivity contribution < 1.29 is 4.39 Å². The van der Waals surface area contributed by atoms with Crippen LogP contribution in [0.4, 0.5) is 15.9 Å². The predicted octanol–water partition coefficient (Wildman–Crippen LogP) is 1.69. The van der Waals surface area contributed by atoms with E-state index in [1.807, 2.05) is 0 Å². The predicted molar refractivity (Wildman–Crippen MR) is 43.0 cm³/mol. The second-order valence-electron chi connectivity index (χ2n) is 1.83. The summed E-state index contributed by atoms with van der Waals surface area (Å²) < 4.78 is 12.6. The lowest BCUT2D eigenvalue weighted by Crippen LogP contribution is -2.00. The van der Waals surface area contributed by atoms with E-state index < -0.39 is 5.95 Å². The second kappa shape index (κ2) is 2.71. The van der Waals surface area contributed by atoms with Crippen LogP contribution in [-0.4, -0.2) is 4.98 Å². The van der Waals surface area contributed by atoms with Crippen molar-refractivity contribution in [2.45, 2.75) is 0 Å². The first-order valence-corrected chi connectivity index (χ1v) is 3.35. The zero-order valence-electron chi connectivity index (χ0n) is 5.24. The number of halogens is 3. The molecule has 0 unspecified atom stereocenters. The average Bonchev–Trinajstić information content (AvgIpc) is 1.97. The Labute approximate surface area is 72.1 Å². The topological polar surface area (TPSA) is 64.9 Å². The number of rotatable bonds is 0. The van der Waals surface area contributed by atoms with Crippen molar-refractivity contribution in [2.75, 3.05) is 11.5 Å². The van der Waals surface area contributed by atoms with Gasteiger partial charge < -0.3 is 11.5 Å². The lowest BCUT2D eigenvalue weighted by molar-refractivity contribution is 0.587. The highest BCUT2D eigenvalue weighted by atomic mass is 35.5. The Morgan fingerprint density at radius 3 is 2.27 bits per heavy atom. The normalized spacial score (nSPS) is 10.1. The van der Waals surface area contributed by atoms with Crippen molar-refractivity contribution in [3.05, 3.63) is 16.0 Å². The second-order valence-corrected chi connectivity index (χ2v) is 2.59. The summed E-state index contributed by atoms with van der Waals surface area (Å²) in [6.07, 6.45) is 0. The third-order valence-electron chi connectivity index (χ3n) is 1.10. The highest BCUT2D eigenvalue weighted by Gasteiger charge is 2.12. The molecule has 60 valence electrons. The molecule has 0 bridgehead atoms. The van der Waals surface area contributed by atoms with Gasteiger partial charge in [0, 0.05) is 0 Å². The highest BCUT2D eigenvalue weighted by Crippen LogP contribution is 2.31. The minimum Gasteiger partial charge on any atom is -0.396 e. The van der Waals surface area contributed by atoms with Crippen molar-refractivity contribution in [2.24, 2.45) is 0 Å². The van der Waals surface area contributed by atoms with Crippen LogP contribution in [0.25, 0.3) is 0 Å². The molecule has 11 heavy (non-hydrogen) atoms. The Kier molecular flexibility index (Phi) is 2.06. The first-order chi connectivity index (χ1) is 5.04. The standard InChI is InChI=1S/C5H4Cl2FN3/c6-1-3(9)2(7)5(10)11-4(1)8/h(H4,9,10,11). The number of nitrogens with two attached hydrogens (primary N) is 2. The highest BCUT2D eigenvalue weighted by molar-refractivity contribution is 6.40. The summed E-state index contributed by atoms with van der Waals surface area (Å²) in [5.74, 6) is -1.07. The van der Waals surface area contributed by atoms with Crippen molar-refractivity contribution in [3.63, 3.8) is 0 Å². The van der Waals surface area contributed by atoms with Crippen molar-refractivity contribution in [3.8, 4) is 0 Å². The summed E-state index contributed by atoms with van der Waals surface area (Å²) in [6.45, 7) is 0. The Bertz CT molecular complexity index is 276. The number of pyridine rings is 1. The molecule has 0 saturated heterocycles. The third kappa shape index (κ3) is 1.32. The molecular weight excluding hydrogens is 192 g/mol. The number of hydrogen-bond acceptors (Lipinski definition) is 3. The van der Waals surface area contributed by atoms with Gasteiger partial charge in [-0.3, -0.25) is 0 Å². The van der Waals surface area contributed by atoms with E-state index >= 15 is 0 Å². The van der Waals surface area contributed by atoms with E-state index in [9.17, 15) is 4.39 Å². The first kappa shape index (κ1) is 8.36. The van der Waals surface area contributed by atoms with E-state index in [2.05, 4.69) is 4.98 Å². The number of aromatic nitrogens is 1. The monoisotopic (exact) mass is 195 g/mol. The van der Waals surface area contributed by atoms with Crippen LogP contribution in [-0.2, 0) is 0 Å². The molecule has 1 aromatic rings. The summed E-state index contributed by atoms with van der Waals surface area (Å²) in [5.41, 5.74) is 10.3. The van der Waals surface area contributed by atoms with E-state index in [1.165, 1.54) is 0 Å². The molecule has 3 nitrogen and oxygen atoms in total. The smallest absolute Gasteiger partial charge is 0.235 e. The van der Waals surface area contributed by atoms with Gasteiger partial charge >= 0.3 is 0 Å². The van der Waals surface area contributed by atoms with E-state index in [0.717, 1.165) is 0 Å². The summed E-state index contributed by atoms with van der Waals surface area (Å²) >= 11 is 10.8. The fraction of sp³-hybridized carbons (Fsp3) is 0. The Morgan fingerprint density at radius 2 is 1.73 bits per heavy atom. The lowest BCUT2D eigenvalue weighted by atomic mass is 10.4. The van der Waals surface area contributed by atoms with Gasteiger partial charge in [-0.2, -0.15) is 9.37 Å². The van der Waals surface area contributed by atoms with E-state index in [1.54, 1.807) is 0 Å². The largest absolute Gasteiger partial charge is 0.396 e. The van der Waals surface area contributed by atoms with Crippen LogP contribution in [0.5, 0.6) is 0 Å². The molecule has 4 N–H and O–H groups in total. The summed E-state index contributed by atoms with van der Waals surface area (Å²) in [6, 6.07) is 0. The zero-order chi connectivity index (χ0) is 8.59. The molecule has 0 aliphatic carbocycles. The average molecular weight is 196 g/mol. The lowest BCUT2D eigenvalue weighted by Gasteiger charge is -2.03. The third-order valence-corrected chi connectivity index (χ3v) is 1.85. The zero-order valence-corrected chi connectivity index (χ0v) is 6.75. The minimum absolute atomic E-state index is 0.0172. The molecule has 0 fully saturated rings. The maximum Gasteiger partial charge on any atom is 0.235 e. The molecule has 0 amide bonds. The van der Waals surface area contributed by atoms with Crippen molar-refractivity contribution >= 4 is 34.7 Å². The molecule has 0 radical (unpaired) electrons. The van der Waals surface area contributed by atoms with Gasteiger partial charge in [-0.1, -0.05) is 23.2 Å². The van der Waals surface area contributed by atoms with Crippen LogP contribution in [0.2, 0.25) is 10.0 Å². The van der Waals surface area contributed by atoms with Gasteiger partial charge in [0.05, 0.1) is 5.69 Å². The number of nitrogen functional groups attached to an aromatic ring is 2. The van der Waals surface area contributed by atoms with E-state index in [4.69, 9.17) is 34.7 Å². The molecule has 0 aliphatic heterocycles. The van der Waals surface area contributed by atoms with E-state index in [-0.39, 0.29) is 21.6 Å². The number of nitrogens with zero attached hydrogens (tertiary/aromatic N) is 1.